The van der Waals surface area contributed by atoms with Gasteiger partial charge < -0.3 is 20.9 Å². The first-order valence-electron chi connectivity index (χ1n) is 11.7. The smallest absolute Gasteiger partial charge is 0.251 e. The Balaban J connectivity index is 1.27. The van der Waals surface area contributed by atoms with Crippen LogP contribution in [0.2, 0.25) is 5.02 Å². The van der Waals surface area contributed by atoms with Gasteiger partial charge in [-0.2, -0.15) is 5.10 Å². The predicted molar refractivity (Wildman–Crippen MR) is 140 cm³/mol. The highest BCUT2D eigenvalue weighted by atomic mass is 35.5. The summed E-state index contributed by atoms with van der Waals surface area (Å²) >= 11 is 6.23. The number of likely N-dealkylation sites (N-methyl/N-ethyl adjacent to an activating group) is 1. The monoisotopic (exact) mass is 508 g/mol. The average molecular weight is 509 g/mol. The topological polar surface area (TPSA) is 128 Å². The molecule has 11 heteroatoms. The number of rotatable bonds is 9. The van der Waals surface area contributed by atoms with Crippen molar-refractivity contribution in [3.05, 3.63) is 65.5 Å². The number of carbonyl (C=O) groups excluding carboxylic acids is 2. The number of anilines is 2. The Morgan fingerprint density at radius 1 is 1.17 bits per heavy atom. The van der Waals surface area contributed by atoms with Crippen molar-refractivity contribution in [2.45, 2.75) is 31.3 Å². The van der Waals surface area contributed by atoms with Gasteiger partial charge >= 0.3 is 0 Å². The average Bonchev–Trinajstić information content (AvgIpc) is 3.53. The largest absolute Gasteiger partial charge is 0.351 e. The lowest BCUT2D eigenvalue weighted by Crippen LogP contribution is -2.34. The highest BCUT2D eigenvalue weighted by Crippen LogP contribution is 2.26. The minimum Gasteiger partial charge on any atom is -0.351 e. The minimum atomic E-state index is -0.209. The lowest BCUT2D eigenvalue weighted by atomic mass is 10.1. The molecule has 10 nitrogen and oxygen atoms in total. The summed E-state index contributed by atoms with van der Waals surface area (Å²) in [4.78, 5) is 35.5. The van der Waals surface area contributed by atoms with Crippen LogP contribution in [0.5, 0.6) is 0 Å². The molecule has 0 radical (unpaired) electrons. The van der Waals surface area contributed by atoms with Crippen LogP contribution in [0.3, 0.4) is 0 Å². The van der Waals surface area contributed by atoms with Crippen molar-refractivity contribution in [2.75, 3.05) is 31.3 Å². The molecule has 36 heavy (non-hydrogen) atoms. The first kappa shape index (κ1) is 25.3. The van der Waals surface area contributed by atoms with Gasteiger partial charge in [-0.1, -0.05) is 17.7 Å². The Morgan fingerprint density at radius 2 is 1.94 bits per heavy atom. The fourth-order valence-corrected chi connectivity index (χ4v) is 4.15. The molecular formula is C25H29ClN8O2. The fourth-order valence-electron chi connectivity index (χ4n) is 3.96. The summed E-state index contributed by atoms with van der Waals surface area (Å²) in [7, 11) is 3.86. The van der Waals surface area contributed by atoms with E-state index in [-0.39, 0.29) is 23.9 Å². The number of aromatic amines is 1. The second kappa shape index (κ2) is 11.8. The van der Waals surface area contributed by atoms with Crippen LogP contribution in [0, 0.1) is 0 Å². The van der Waals surface area contributed by atoms with Gasteiger partial charge in [-0.25, -0.2) is 9.97 Å². The molecule has 2 atom stereocenters. The number of halogens is 1. The standard InChI is InChI=1S/C25H29ClN8O2/c1-34(2)13-3-4-22(35)29-17-7-5-16(6-8-17)24(36)30-18-9-10-19(14-18)31-25-27-15-20(26)23(32-25)21-11-12-28-33-21/h3-8,11-12,15,18-19H,9-10,13-14H2,1-2H3,(H,28,33)(H,29,35)(H,30,36)(H,27,31,32)/b4-3+/t18?,19-/m0/s1. The zero-order chi connectivity index (χ0) is 25.5. The summed E-state index contributed by atoms with van der Waals surface area (Å²) < 4.78 is 0. The van der Waals surface area contributed by atoms with Gasteiger partial charge in [-0.05, 0) is 63.7 Å². The van der Waals surface area contributed by atoms with Crippen molar-refractivity contribution in [1.29, 1.82) is 0 Å². The fraction of sp³-hybridized carbons (Fsp3) is 0.320. The molecule has 1 aromatic carbocycles. The van der Waals surface area contributed by atoms with E-state index in [1.807, 2.05) is 19.0 Å². The number of H-pyrrole nitrogens is 1. The van der Waals surface area contributed by atoms with Crippen LogP contribution >= 0.6 is 11.6 Å². The maximum atomic E-state index is 12.7. The lowest BCUT2D eigenvalue weighted by Gasteiger charge is -2.15. The molecule has 1 fully saturated rings. The van der Waals surface area contributed by atoms with Crippen LogP contribution in [-0.2, 0) is 4.79 Å². The van der Waals surface area contributed by atoms with E-state index in [2.05, 4.69) is 36.1 Å². The molecule has 0 aliphatic heterocycles. The van der Waals surface area contributed by atoms with E-state index in [0.717, 1.165) is 19.3 Å². The third kappa shape index (κ3) is 6.89. The first-order valence-corrected chi connectivity index (χ1v) is 12.1. The van der Waals surface area contributed by atoms with Crippen molar-refractivity contribution in [3.63, 3.8) is 0 Å². The quantitative estimate of drug-likeness (QED) is 0.326. The minimum absolute atomic E-state index is 0.0364. The van der Waals surface area contributed by atoms with E-state index in [9.17, 15) is 9.59 Å². The Bertz CT molecular complexity index is 1210. The summed E-state index contributed by atoms with van der Waals surface area (Å²) in [6, 6.07) is 8.81. The maximum Gasteiger partial charge on any atom is 0.251 e. The molecule has 4 rings (SSSR count). The molecule has 3 aromatic rings. The summed E-state index contributed by atoms with van der Waals surface area (Å²) in [6.07, 6.45) is 9.03. The normalized spacial score (nSPS) is 17.4. The van der Waals surface area contributed by atoms with E-state index < -0.39 is 0 Å². The molecule has 2 aromatic heterocycles. The second-order valence-corrected chi connectivity index (χ2v) is 9.31. The molecule has 0 bridgehead atoms. The Kier molecular flexibility index (Phi) is 8.29. The van der Waals surface area contributed by atoms with Gasteiger partial charge in [0.15, 0.2) is 0 Å². The van der Waals surface area contributed by atoms with Gasteiger partial charge in [-0.15, -0.1) is 0 Å². The summed E-state index contributed by atoms with van der Waals surface area (Å²) in [5, 5.41) is 16.5. The number of carbonyl (C=O) groups is 2. The number of aromatic nitrogens is 4. The zero-order valence-electron chi connectivity index (χ0n) is 20.2. The van der Waals surface area contributed by atoms with Crippen LogP contribution in [-0.4, -0.2) is 69.6 Å². The van der Waals surface area contributed by atoms with Gasteiger partial charge in [-0.3, -0.25) is 14.7 Å². The Hall–Kier alpha value is -3.76. The number of hydrogen-bond acceptors (Lipinski definition) is 7. The molecule has 188 valence electrons. The van der Waals surface area contributed by atoms with E-state index in [4.69, 9.17) is 11.6 Å². The van der Waals surface area contributed by atoms with E-state index >= 15 is 0 Å². The van der Waals surface area contributed by atoms with Crippen molar-refractivity contribution in [1.82, 2.24) is 30.4 Å². The molecule has 1 aliphatic carbocycles. The number of hydrogen-bond donors (Lipinski definition) is 4. The number of benzene rings is 1. The molecule has 1 saturated carbocycles. The summed E-state index contributed by atoms with van der Waals surface area (Å²) in [6.45, 7) is 0.683. The van der Waals surface area contributed by atoms with Crippen LogP contribution in [0.15, 0.2) is 54.9 Å². The van der Waals surface area contributed by atoms with Gasteiger partial charge in [0.05, 0.1) is 11.2 Å². The Morgan fingerprint density at radius 3 is 2.67 bits per heavy atom. The van der Waals surface area contributed by atoms with Crippen molar-refractivity contribution >= 4 is 35.1 Å². The van der Waals surface area contributed by atoms with Crippen LogP contribution in [0.4, 0.5) is 11.6 Å². The van der Waals surface area contributed by atoms with Crippen LogP contribution in [0.1, 0.15) is 29.6 Å². The zero-order valence-corrected chi connectivity index (χ0v) is 20.9. The SMILES string of the molecule is CN(C)C/C=C/C(=O)Nc1ccc(C(=O)NC2CC[C@H](Nc3ncc(Cl)c(-c4cc[nH]n4)n3)C2)cc1. The second-order valence-electron chi connectivity index (χ2n) is 8.91. The molecule has 1 aliphatic rings. The molecule has 1 unspecified atom stereocenters. The van der Waals surface area contributed by atoms with Crippen molar-refractivity contribution in [3.8, 4) is 11.4 Å². The third-order valence-electron chi connectivity index (χ3n) is 5.74. The molecule has 0 spiro atoms. The van der Waals surface area contributed by atoms with E-state index in [1.54, 1.807) is 48.8 Å². The van der Waals surface area contributed by atoms with Gasteiger partial charge in [0, 0.05) is 42.2 Å². The summed E-state index contributed by atoms with van der Waals surface area (Å²) in [5.41, 5.74) is 2.38. The van der Waals surface area contributed by atoms with Crippen molar-refractivity contribution in [2.24, 2.45) is 0 Å². The molecule has 0 saturated heterocycles. The van der Waals surface area contributed by atoms with E-state index in [1.165, 1.54) is 6.08 Å². The Labute approximate surface area is 214 Å². The molecule has 2 heterocycles. The lowest BCUT2D eigenvalue weighted by molar-refractivity contribution is -0.111. The van der Waals surface area contributed by atoms with Crippen LogP contribution in [0.25, 0.3) is 11.4 Å². The molecule has 2 amide bonds. The number of amides is 2. The highest BCUT2D eigenvalue weighted by Gasteiger charge is 2.27. The first-order chi connectivity index (χ1) is 17.4. The third-order valence-corrected chi connectivity index (χ3v) is 6.02. The van der Waals surface area contributed by atoms with E-state index in [0.29, 0.717) is 40.2 Å². The van der Waals surface area contributed by atoms with Gasteiger partial charge in [0.2, 0.25) is 11.9 Å². The van der Waals surface area contributed by atoms with Crippen molar-refractivity contribution < 1.29 is 9.59 Å². The molecular weight excluding hydrogens is 480 g/mol. The number of nitrogens with one attached hydrogen (secondary N) is 4. The maximum absolute atomic E-state index is 12.7. The predicted octanol–water partition coefficient (Wildman–Crippen LogP) is 3.34. The van der Waals surface area contributed by atoms with Gasteiger partial charge in [0.1, 0.15) is 11.4 Å². The number of nitrogens with zero attached hydrogens (tertiary/aromatic N) is 4. The highest BCUT2D eigenvalue weighted by molar-refractivity contribution is 6.32. The summed E-state index contributed by atoms with van der Waals surface area (Å²) in [5.74, 6) is 0.122. The van der Waals surface area contributed by atoms with Crippen LogP contribution < -0.4 is 16.0 Å². The van der Waals surface area contributed by atoms with Gasteiger partial charge in [0.25, 0.3) is 5.91 Å². The molecule has 4 N–H and O–H groups in total.